The van der Waals surface area contributed by atoms with Crippen molar-refractivity contribution in [3.8, 4) is 0 Å². The van der Waals surface area contributed by atoms with Crippen molar-refractivity contribution in [3.05, 3.63) is 66.8 Å². The summed E-state index contributed by atoms with van der Waals surface area (Å²) in [6.45, 7) is 3.55. The number of furan rings is 1. The lowest BCUT2D eigenvalue weighted by molar-refractivity contribution is 0.0782. The van der Waals surface area contributed by atoms with Gasteiger partial charge in [-0.2, -0.15) is 5.10 Å². The van der Waals surface area contributed by atoms with Gasteiger partial charge in [0.05, 0.1) is 34.5 Å². The minimum atomic E-state index is -0.638. The fraction of sp³-hybridized carbons (Fsp3) is 0.421. The van der Waals surface area contributed by atoms with E-state index in [0.29, 0.717) is 49.6 Å². The second-order valence-corrected chi connectivity index (χ2v) is 8.68. The van der Waals surface area contributed by atoms with Crippen molar-refractivity contribution in [2.45, 2.75) is 38.3 Å². The topological polar surface area (TPSA) is 103 Å². The number of likely N-dealkylation sites (tertiary alicyclic amines) is 1. The molecule has 10 heteroatoms. The number of aryl methyl sites for hydroxylation is 1. The van der Waals surface area contributed by atoms with Crippen molar-refractivity contribution in [1.82, 2.24) is 24.2 Å². The molecule has 1 saturated heterocycles. The van der Waals surface area contributed by atoms with Crippen LogP contribution < -0.4 is 11.1 Å². The van der Waals surface area contributed by atoms with E-state index in [1.807, 2.05) is 12.3 Å². The fourth-order valence-electron chi connectivity index (χ4n) is 4.32. The highest BCUT2D eigenvalue weighted by Gasteiger charge is 2.48. The van der Waals surface area contributed by atoms with Gasteiger partial charge in [0.25, 0.3) is 5.91 Å². The molecule has 0 aromatic carbocycles. The molecule has 5 heterocycles. The lowest BCUT2D eigenvalue weighted by Crippen LogP contribution is -2.45. The van der Waals surface area contributed by atoms with E-state index in [9.17, 15) is 14.4 Å². The molecule has 5 rings (SSSR count). The SMILES string of the molecule is Cc1nc(Cn2nc3n(c(=O)c2=O)CCC32CCN(C(=O)c3ccoc3)C2)cs1. The van der Waals surface area contributed by atoms with E-state index in [4.69, 9.17) is 4.42 Å². The van der Waals surface area contributed by atoms with Gasteiger partial charge in [-0.05, 0) is 25.8 Å². The smallest absolute Gasteiger partial charge is 0.332 e. The predicted octanol–water partition coefficient (Wildman–Crippen LogP) is 0.999. The molecule has 0 radical (unpaired) electrons. The highest BCUT2D eigenvalue weighted by molar-refractivity contribution is 7.09. The first kappa shape index (κ1) is 18.0. The Morgan fingerprint density at radius 2 is 2.10 bits per heavy atom. The summed E-state index contributed by atoms with van der Waals surface area (Å²) in [5.74, 6) is 0.499. The van der Waals surface area contributed by atoms with E-state index < -0.39 is 16.5 Å². The van der Waals surface area contributed by atoms with Crippen LogP contribution in [0.2, 0.25) is 0 Å². The second-order valence-electron chi connectivity index (χ2n) is 7.62. The molecule has 9 nitrogen and oxygen atoms in total. The average molecular weight is 413 g/mol. The zero-order valence-corrected chi connectivity index (χ0v) is 16.6. The van der Waals surface area contributed by atoms with E-state index in [1.54, 1.807) is 11.0 Å². The Morgan fingerprint density at radius 1 is 1.28 bits per heavy atom. The van der Waals surface area contributed by atoms with Gasteiger partial charge in [-0.3, -0.25) is 19.0 Å². The molecule has 1 amide bonds. The van der Waals surface area contributed by atoms with Crippen LogP contribution in [0.25, 0.3) is 0 Å². The number of carbonyl (C=O) groups excluding carboxylic acids is 1. The maximum Gasteiger partial charge on any atom is 0.332 e. The number of rotatable bonds is 3. The van der Waals surface area contributed by atoms with Gasteiger partial charge in [0.1, 0.15) is 12.1 Å². The standard InChI is InChI=1S/C19H19N5O4S/c1-12-20-14(10-29-12)8-24-17(27)16(26)23-6-4-19(18(23)21-24)3-5-22(11-19)15(25)13-2-7-28-9-13/h2,7,9-10H,3-6,8,11H2,1H3. The van der Waals surface area contributed by atoms with Crippen LogP contribution >= 0.6 is 11.3 Å². The third-order valence-corrected chi connectivity index (χ3v) is 6.63. The Labute approximate surface area is 169 Å². The minimum absolute atomic E-state index is 0.0947. The minimum Gasteiger partial charge on any atom is -0.472 e. The summed E-state index contributed by atoms with van der Waals surface area (Å²) in [6.07, 6.45) is 4.30. The van der Waals surface area contributed by atoms with E-state index in [1.165, 1.54) is 33.1 Å². The quantitative estimate of drug-likeness (QED) is 0.594. The molecule has 1 unspecified atom stereocenters. The van der Waals surface area contributed by atoms with Crippen LogP contribution in [0.15, 0.2) is 38.0 Å². The van der Waals surface area contributed by atoms with Crippen molar-refractivity contribution < 1.29 is 9.21 Å². The molecule has 1 atom stereocenters. The van der Waals surface area contributed by atoms with Gasteiger partial charge >= 0.3 is 11.1 Å². The number of carbonyl (C=O) groups is 1. The molecule has 0 aliphatic carbocycles. The molecule has 2 aliphatic rings. The zero-order chi connectivity index (χ0) is 20.2. The number of aromatic nitrogens is 4. The fourth-order valence-corrected chi connectivity index (χ4v) is 4.92. The number of amides is 1. The molecule has 0 saturated carbocycles. The molecule has 0 N–H and O–H groups in total. The molecule has 3 aromatic rings. The van der Waals surface area contributed by atoms with Crippen LogP contribution in [0.4, 0.5) is 0 Å². The van der Waals surface area contributed by atoms with E-state index in [2.05, 4.69) is 10.1 Å². The van der Waals surface area contributed by atoms with E-state index in [0.717, 1.165) is 5.01 Å². The summed E-state index contributed by atoms with van der Waals surface area (Å²) >= 11 is 1.49. The van der Waals surface area contributed by atoms with Crippen molar-refractivity contribution >= 4 is 17.2 Å². The summed E-state index contributed by atoms with van der Waals surface area (Å²) < 4.78 is 7.72. The van der Waals surface area contributed by atoms with Crippen molar-refractivity contribution in [3.63, 3.8) is 0 Å². The Hall–Kier alpha value is -3.01. The summed E-state index contributed by atoms with van der Waals surface area (Å²) in [5, 5.41) is 7.35. The predicted molar refractivity (Wildman–Crippen MR) is 104 cm³/mol. The Balaban J connectivity index is 1.50. The van der Waals surface area contributed by atoms with Crippen LogP contribution in [0.3, 0.4) is 0 Å². The summed E-state index contributed by atoms with van der Waals surface area (Å²) in [6, 6.07) is 1.65. The first-order chi connectivity index (χ1) is 14.0. The summed E-state index contributed by atoms with van der Waals surface area (Å²) in [4.78, 5) is 44.1. The molecular weight excluding hydrogens is 394 g/mol. The molecule has 150 valence electrons. The van der Waals surface area contributed by atoms with Gasteiger partial charge < -0.3 is 9.32 Å². The lowest BCUT2D eigenvalue weighted by Gasteiger charge is -2.23. The number of hydrogen-bond donors (Lipinski definition) is 0. The molecule has 29 heavy (non-hydrogen) atoms. The third kappa shape index (κ3) is 2.86. The first-order valence-electron chi connectivity index (χ1n) is 9.42. The van der Waals surface area contributed by atoms with Crippen molar-refractivity contribution in [1.29, 1.82) is 0 Å². The number of hydrogen-bond acceptors (Lipinski definition) is 7. The normalized spacial score (nSPS) is 20.5. The van der Waals surface area contributed by atoms with Crippen LogP contribution in [-0.4, -0.2) is 43.2 Å². The van der Waals surface area contributed by atoms with Crippen LogP contribution in [0.5, 0.6) is 0 Å². The molecule has 1 spiro atoms. The largest absolute Gasteiger partial charge is 0.472 e. The second kappa shape index (κ2) is 6.51. The van der Waals surface area contributed by atoms with Gasteiger partial charge in [-0.1, -0.05) is 0 Å². The maximum atomic E-state index is 12.7. The van der Waals surface area contributed by atoms with Gasteiger partial charge in [0.15, 0.2) is 0 Å². The Bertz CT molecular complexity index is 1210. The van der Waals surface area contributed by atoms with Gasteiger partial charge in [0, 0.05) is 25.0 Å². The molecular formula is C19H19N5O4S. The Morgan fingerprint density at radius 3 is 2.83 bits per heavy atom. The van der Waals surface area contributed by atoms with E-state index >= 15 is 0 Å². The zero-order valence-electron chi connectivity index (χ0n) is 15.8. The highest BCUT2D eigenvalue weighted by atomic mass is 32.1. The lowest BCUT2D eigenvalue weighted by atomic mass is 9.85. The molecule has 3 aromatic heterocycles. The molecule has 0 bridgehead atoms. The summed E-state index contributed by atoms with van der Waals surface area (Å²) in [5.41, 5.74) is -0.387. The summed E-state index contributed by atoms with van der Waals surface area (Å²) in [7, 11) is 0. The van der Waals surface area contributed by atoms with Gasteiger partial charge in [-0.25, -0.2) is 9.67 Å². The van der Waals surface area contributed by atoms with E-state index in [-0.39, 0.29) is 12.5 Å². The third-order valence-electron chi connectivity index (χ3n) is 5.81. The molecule has 1 fully saturated rings. The van der Waals surface area contributed by atoms with Crippen LogP contribution in [0, 0.1) is 6.92 Å². The van der Waals surface area contributed by atoms with Crippen molar-refractivity contribution in [2.75, 3.05) is 13.1 Å². The Kier molecular flexibility index (Phi) is 4.05. The monoisotopic (exact) mass is 413 g/mol. The highest BCUT2D eigenvalue weighted by Crippen LogP contribution is 2.40. The maximum absolute atomic E-state index is 12.7. The number of fused-ring (bicyclic) bond motifs is 2. The van der Waals surface area contributed by atoms with Crippen molar-refractivity contribution in [2.24, 2.45) is 0 Å². The van der Waals surface area contributed by atoms with Crippen LogP contribution in [-0.2, 0) is 18.5 Å². The van der Waals surface area contributed by atoms with Gasteiger partial charge in [0.2, 0.25) is 0 Å². The molecule has 2 aliphatic heterocycles. The number of thiazole rings is 1. The van der Waals surface area contributed by atoms with Gasteiger partial charge in [-0.15, -0.1) is 11.3 Å². The average Bonchev–Trinajstić information content (AvgIpc) is 3.49. The first-order valence-corrected chi connectivity index (χ1v) is 10.3. The number of nitrogens with zero attached hydrogens (tertiary/aromatic N) is 5. The van der Waals surface area contributed by atoms with Crippen LogP contribution in [0.1, 0.15) is 39.7 Å².